The van der Waals surface area contributed by atoms with E-state index >= 15 is 0 Å². The smallest absolute Gasteiger partial charge is 0.226 e. The Labute approximate surface area is 211 Å². The molecule has 3 N–H and O–H groups in total. The number of nitrogens with two attached hydrogens (primary N) is 1. The molecule has 1 aliphatic heterocycles. The Balaban J connectivity index is 1.84. The van der Waals surface area contributed by atoms with Crippen molar-refractivity contribution in [1.82, 2.24) is 5.32 Å². The highest BCUT2D eigenvalue weighted by Crippen LogP contribution is 2.60. The maximum atomic E-state index is 13.2. The number of amides is 1. The van der Waals surface area contributed by atoms with Gasteiger partial charge in [0.25, 0.3) is 0 Å². The zero-order valence-electron chi connectivity index (χ0n) is 20.1. The van der Waals surface area contributed by atoms with E-state index in [4.69, 9.17) is 28.9 Å². The first-order chi connectivity index (χ1) is 16.1. The second kappa shape index (κ2) is 9.39. The number of Topliss-reactive ketones (excluding diaryl/α,β-unsaturated/α-hetero) is 1. The summed E-state index contributed by atoms with van der Waals surface area (Å²) in [5.41, 5.74) is 9.53. The van der Waals surface area contributed by atoms with Gasteiger partial charge in [-0.15, -0.1) is 0 Å². The zero-order valence-corrected chi connectivity index (χ0v) is 21.6. The van der Waals surface area contributed by atoms with Gasteiger partial charge in [-0.1, -0.05) is 54.4 Å². The number of nitrogens with one attached hydrogen (secondary N) is 1. The molecule has 6 heteroatoms. The van der Waals surface area contributed by atoms with Gasteiger partial charge in [-0.05, 0) is 86.8 Å². The fourth-order valence-corrected chi connectivity index (χ4v) is 7.03. The second-order valence-corrected chi connectivity index (χ2v) is 10.7. The van der Waals surface area contributed by atoms with Gasteiger partial charge in [-0.25, -0.2) is 0 Å². The molecule has 0 unspecified atom stereocenters. The number of hydrogen-bond acceptors (Lipinski definition) is 3. The monoisotopic (exact) mass is 498 g/mol. The summed E-state index contributed by atoms with van der Waals surface area (Å²) in [7, 11) is 0. The first kappa shape index (κ1) is 24.8. The molecule has 0 radical (unpaired) electrons. The van der Waals surface area contributed by atoms with Crippen LogP contribution in [0.2, 0.25) is 10.0 Å². The molecule has 2 aliphatic rings. The molecule has 4 nitrogen and oxygen atoms in total. The van der Waals surface area contributed by atoms with Crippen LogP contribution in [0.5, 0.6) is 0 Å². The van der Waals surface area contributed by atoms with E-state index in [1.807, 2.05) is 30.3 Å². The maximum Gasteiger partial charge on any atom is 0.226 e. The summed E-state index contributed by atoms with van der Waals surface area (Å²) in [6.45, 7) is 7.48. The minimum atomic E-state index is -0.381. The third-order valence-corrected chi connectivity index (χ3v) is 8.61. The summed E-state index contributed by atoms with van der Waals surface area (Å²) in [5.74, 6) is 0.451. The van der Waals surface area contributed by atoms with Gasteiger partial charge in [0.1, 0.15) is 0 Å². The third kappa shape index (κ3) is 4.05. The molecule has 5 atom stereocenters. The average molecular weight is 499 g/mol. The largest absolute Gasteiger partial charge is 0.402 e. The van der Waals surface area contributed by atoms with Crippen LogP contribution >= 0.6 is 23.2 Å². The number of carbonyl (C=O) groups is 2. The number of rotatable bonds is 5. The van der Waals surface area contributed by atoms with Crippen molar-refractivity contribution in [2.24, 2.45) is 17.1 Å². The van der Waals surface area contributed by atoms with Crippen LogP contribution in [-0.4, -0.2) is 17.7 Å². The molecule has 1 aliphatic carbocycles. The van der Waals surface area contributed by atoms with Crippen LogP contribution in [0.1, 0.15) is 75.5 Å². The minimum Gasteiger partial charge on any atom is -0.402 e. The van der Waals surface area contributed by atoms with Crippen LogP contribution in [0.15, 0.2) is 48.2 Å². The molecule has 1 saturated carbocycles. The third-order valence-electron chi connectivity index (χ3n) is 8.03. The number of hydrogen-bond donors (Lipinski definition) is 2. The zero-order chi connectivity index (χ0) is 24.8. The van der Waals surface area contributed by atoms with Crippen molar-refractivity contribution in [3.8, 4) is 0 Å². The van der Waals surface area contributed by atoms with Gasteiger partial charge in [0.05, 0.1) is 5.41 Å². The molecule has 180 valence electrons. The van der Waals surface area contributed by atoms with Crippen LogP contribution in [0, 0.1) is 11.3 Å². The van der Waals surface area contributed by atoms with Crippen molar-refractivity contribution >= 4 is 40.5 Å². The fourth-order valence-electron chi connectivity index (χ4n) is 6.59. The van der Waals surface area contributed by atoms with E-state index in [1.165, 1.54) is 12.5 Å². The molecule has 1 heterocycles. The van der Waals surface area contributed by atoms with Crippen LogP contribution in [-0.2, 0) is 9.59 Å². The van der Waals surface area contributed by atoms with Crippen molar-refractivity contribution < 1.29 is 9.59 Å². The molecule has 2 aromatic carbocycles. The molecule has 2 fully saturated rings. The van der Waals surface area contributed by atoms with Crippen LogP contribution in [0.3, 0.4) is 0 Å². The Kier molecular flexibility index (Phi) is 6.85. The number of halogens is 2. The lowest BCUT2D eigenvalue weighted by atomic mass is 9.54. The van der Waals surface area contributed by atoms with Gasteiger partial charge < -0.3 is 11.1 Å². The predicted molar refractivity (Wildman–Crippen MR) is 139 cm³/mol. The Morgan fingerprint density at radius 1 is 1.15 bits per heavy atom. The summed E-state index contributed by atoms with van der Waals surface area (Å²) in [4.78, 5) is 25.3. The van der Waals surface area contributed by atoms with Gasteiger partial charge in [-0.3, -0.25) is 9.59 Å². The van der Waals surface area contributed by atoms with Crippen molar-refractivity contribution in [2.75, 3.05) is 0 Å². The van der Waals surface area contributed by atoms with E-state index in [-0.39, 0.29) is 40.9 Å². The Morgan fingerprint density at radius 2 is 1.82 bits per heavy atom. The summed E-state index contributed by atoms with van der Waals surface area (Å²) in [6.07, 6.45) is 2.47. The van der Waals surface area contributed by atoms with Gasteiger partial charge in [0, 0.05) is 33.3 Å². The molecule has 0 spiro atoms. The SMILES string of the molecule is CC[C@@]12CC[C@@H](c3ccc(C(C(C)=O)=C(C)N)cc3Cl)[C@H](c3ccc(Cl)cc3)[C@@H]1[C@@H](C)NC2=O. The molecule has 2 aromatic rings. The van der Waals surface area contributed by atoms with E-state index in [1.54, 1.807) is 6.92 Å². The van der Waals surface area contributed by atoms with Gasteiger partial charge in [0.2, 0.25) is 5.91 Å². The average Bonchev–Trinajstić information content (AvgIpc) is 3.04. The van der Waals surface area contributed by atoms with Crippen molar-refractivity contribution in [3.05, 3.63) is 74.9 Å². The molecule has 1 amide bonds. The first-order valence-electron chi connectivity index (χ1n) is 11.9. The van der Waals surface area contributed by atoms with Crippen LogP contribution in [0.4, 0.5) is 0 Å². The summed E-state index contributed by atoms with van der Waals surface area (Å²) in [6, 6.07) is 13.9. The van der Waals surface area contributed by atoms with Crippen LogP contribution < -0.4 is 11.1 Å². The number of allylic oxidation sites excluding steroid dienone is 2. The van der Waals surface area contributed by atoms with Crippen molar-refractivity contribution in [2.45, 2.75) is 64.8 Å². The van der Waals surface area contributed by atoms with Gasteiger partial charge in [0.15, 0.2) is 5.78 Å². The molecular weight excluding hydrogens is 467 g/mol. The Hall–Kier alpha value is -2.30. The van der Waals surface area contributed by atoms with Gasteiger partial charge in [-0.2, -0.15) is 0 Å². The van der Waals surface area contributed by atoms with Crippen molar-refractivity contribution in [3.63, 3.8) is 0 Å². The van der Waals surface area contributed by atoms with E-state index in [0.717, 1.165) is 30.4 Å². The second-order valence-electron chi connectivity index (χ2n) is 9.87. The highest BCUT2D eigenvalue weighted by molar-refractivity contribution is 6.32. The molecule has 1 saturated heterocycles. The maximum absolute atomic E-state index is 13.2. The lowest BCUT2D eigenvalue weighted by Crippen LogP contribution is -2.43. The summed E-state index contributed by atoms with van der Waals surface area (Å²) in [5, 5.41) is 4.55. The Morgan fingerprint density at radius 3 is 2.38 bits per heavy atom. The fraction of sp³-hybridized carbons (Fsp3) is 0.429. The van der Waals surface area contributed by atoms with Crippen molar-refractivity contribution in [1.29, 1.82) is 0 Å². The Bertz CT molecular complexity index is 1150. The van der Waals surface area contributed by atoms with E-state index in [0.29, 0.717) is 21.3 Å². The number of carbonyl (C=O) groups excluding carboxylic acids is 2. The van der Waals surface area contributed by atoms with Crippen LogP contribution in [0.25, 0.3) is 5.57 Å². The lowest BCUT2D eigenvalue weighted by Gasteiger charge is -2.47. The lowest BCUT2D eigenvalue weighted by molar-refractivity contribution is -0.131. The summed E-state index contributed by atoms with van der Waals surface area (Å²) < 4.78 is 0. The minimum absolute atomic E-state index is 0.0566. The topological polar surface area (TPSA) is 72.2 Å². The molecule has 34 heavy (non-hydrogen) atoms. The molecule has 4 rings (SSSR count). The number of fused-ring (bicyclic) bond motifs is 1. The normalized spacial score (nSPS) is 29.3. The highest BCUT2D eigenvalue weighted by Gasteiger charge is 2.59. The standard InChI is InChI=1S/C28H32Cl2N2O2/c1-5-28-13-12-22(21-11-8-19(14-23(21)30)24(15(2)31)17(4)33)25(18-6-9-20(29)10-7-18)26(28)16(3)32-27(28)34/h6-11,14,16,22,25-26H,5,12-13,31H2,1-4H3,(H,32,34)/t16-,22+,25+,26+,28-/m1/s1. The quantitative estimate of drug-likeness (QED) is 0.464. The first-order valence-corrected chi connectivity index (χ1v) is 12.7. The molecular formula is C28H32Cl2N2O2. The van der Waals surface area contributed by atoms with E-state index in [2.05, 4.69) is 31.3 Å². The highest BCUT2D eigenvalue weighted by atomic mass is 35.5. The molecule has 0 bridgehead atoms. The number of ketones is 1. The number of benzene rings is 2. The molecule has 0 aromatic heterocycles. The van der Waals surface area contributed by atoms with Gasteiger partial charge >= 0.3 is 0 Å². The summed E-state index contributed by atoms with van der Waals surface area (Å²) >= 11 is 13.1. The van der Waals surface area contributed by atoms with E-state index in [9.17, 15) is 9.59 Å². The predicted octanol–water partition coefficient (Wildman–Crippen LogP) is 6.46. The van der Waals surface area contributed by atoms with E-state index < -0.39 is 0 Å².